The topological polar surface area (TPSA) is 71.8 Å². The van der Waals surface area contributed by atoms with E-state index in [1.54, 1.807) is 6.07 Å². The largest absolute Gasteiger partial charge is 0.452 e. The van der Waals surface area contributed by atoms with Crippen molar-refractivity contribution in [1.82, 2.24) is 9.62 Å². The second kappa shape index (κ2) is 7.23. The van der Waals surface area contributed by atoms with Crippen LogP contribution in [-0.4, -0.2) is 45.1 Å². The minimum absolute atomic E-state index is 0.185. The molecule has 0 bridgehead atoms. The van der Waals surface area contributed by atoms with Crippen molar-refractivity contribution in [3.05, 3.63) is 16.5 Å². The molecule has 1 fully saturated rings. The van der Waals surface area contributed by atoms with Crippen LogP contribution < -0.4 is 5.32 Å². The van der Waals surface area contributed by atoms with Crippen LogP contribution in [0.25, 0.3) is 0 Å². The standard InChI is InChI=1S/C13H21BrN2O4S/c1-10(2)15-9-11-8-12(13(14)20-11)21(17,18)16-4-3-6-19-7-5-16/h8,10,15H,3-7,9H2,1-2H3. The summed E-state index contributed by atoms with van der Waals surface area (Å²) in [5.74, 6) is 0.597. The van der Waals surface area contributed by atoms with E-state index in [0.717, 1.165) is 0 Å². The van der Waals surface area contributed by atoms with Crippen LogP contribution in [0.3, 0.4) is 0 Å². The maximum atomic E-state index is 12.7. The Balaban J connectivity index is 2.19. The molecular weight excluding hydrogens is 360 g/mol. The van der Waals surface area contributed by atoms with Crippen LogP contribution in [0, 0.1) is 0 Å². The molecule has 8 heteroatoms. The summed E-state index contributed by atoms with van der Waals surface area (Å²) in [6.07, 6.45) is 0.705. The van der Waals surface area contributed by atoms with Crippen LogP contribution in [0.15, 0.2) is 20.0 Å². The fourth-order valence-corrected chi connectivity index (χ4v) is 4.49. The summed E-state index contributed by atoms with van der Waals surface area (Å²) < 4.78 is 37.9. The molecule has 6 nitrogen and oxygen atoms in total. The predicted molar refractivity (Wildman–Crippen MR) is 82.6 cm³/mol. The summed E-state index contributed by atoms with van der Waals surface area (Å²) in [6.45, 7) is 6.41. The second-order valence-corrected chi connectivity index (χ2v) is 7.88. The Morgan fingerprint density at radius 3 is 2.86 bits per heavy atom. The number of nitrogens with zero attached hydrogens (tertiary/aromatic N) is 1. The second-order valence-electron chi connectivity index (χ2n) is 5.26. The Bertz CT molecular complexity index is 563. The smallest absolute Gasteiger partial charge is 0.247 e. The Labute approximate surface area is 134 Å². The first kappa shape index (κ1) is 17.0. The first-order valence-corrected chi connectivity index (χ1v) is 9.24. The Hall–Kier alpha value is -0.410. The third-order valence-electron chi connectivity index (χ3n) is 3.19. The van der Waals surface area contributed by atoms with Gasteiger partial charge in [0.05, 0.1) is 13.2 Å². The minimum Gasteiger partial charge on any atom is -0.452 e. The predicted octanol–water partition coefficient (Wildman–Crippen LogP) is 1.95. The number of sulfonamides is 1. The average Bonchev–Trinajstić information content (AvgIpc) is 2.64. The first-order valence-electron chi connectivity index (χ1n) is 7.00. The monoisotopic (exact) mass is 380 g/mol. The molecule has 0 radical (unpaired) electrons. The minimum atomic E-state index is -3.55. The molecule has 0 spiro atoms. The maximum absolute atomic E-state index is 12.7. The van der Waals surface area contributed by atoms with Gasteiger partial charge in [-0.1, -0.05) is 13.8 Å². The van der Waals surface area contributed by atoms with Crippen LogP contribution in [0.2, 0.25) is 0 Å². The normalized spacial score (nSPS) is 18.1. The molecule has 1 N–H and O–H groups in total. The van der Waals surface area contributed by atoms with E-state index >= 15 is 0 Å². The molecule has 0 atom stereocenters. The van der Waals surface area contributed by atoms with Crippen molar-refractivity contribution in [2.45, 2.75) is 37.8 Å². The first-order chi connectivity index (χ1) is 9.91. The highest BCUT2D eigenvalue weighted by Crippen LogP contribution is 2.29. The van der Waals surface area contributed by atoms with E-state index < -0.39 is 10.0 Å². The molecule has 1 saturated heterocycles. The highest BCUT2D eigenvalue weighted by molar-refractivity contribution is 9.10. The van der Waals surface area contributed by atoms with Gasteiger partial charge in [0.1, 0.15) is 10.7 Å². The summed E-state index contributed by atoms with van der Waals surface area (Å²) in [7, 11) is -3.55. The summed E-state index contributed by atoms with van der Waals surface area (Å²) in [4.78, 5) is 0.185. The molecular formula is C13H21BrN2O4S. The lowest BCUT2D eigenvalue weighted by atomic mass is 10.3. The number of furan rings is 1. The van der Waals surface area contributed by atoms with Gasteiger partial charge in [0.15, 0.2) is 4.67 Å². The summed E-state index contributed by atoms with van der Waals surface area (Å²) in [5.41, 5.74) is 0. The van der Waals surface area contributed by atoms with Crippen molar-refractivity contribution < 1.29 is 17.6 Å². The molecule has 120 valence electrons. The van der Waals surface area contributed by atoms with Gasteiger partial charge in [-0.15, -0.1) is 0 Å². The van der Waals surface area contributed by atoms with E-state index in [1.165, 1.54) is 4.31 Å². The quantitative estimate of drug-likeness (QED) is 0.844. The van der Waals surface area contributed by atoms with Crippen LogP contribution in [-0.2, 0) is 21.3 Å². The van der Waals surface area contributed by atoms with Gasteiger partial charge in [-0.05, 0) is 22.4 Å². The van der Waals surface area contributed by atoms with Gasteiger partial charge in [-0.3, -0.25) is 0 Å². The number of hydrogen-bond acceptors (Lipinski definition) is 5. The van der Waals surface area contributed by atoms with Crippen molar-refractivity contribution in [3.63, 3.8) is 0 Å². The zero-order valence-corrected chi connectivity index (χ0v) is 14.7. The Morgan fingerprint density at radius 2 is 2.14 bits per heavy atom. The molecule has 2 heterocycles. The van der Waals surface area contributed by atoms with E-state index in [0.29, 0.717) is 51.1 Å². The number of hydrogen-bond donors (Lipinski definition) is 1. The van der Waals surface area contributed by atoms with Crippen LogP contribution in [0.4, 0.5) is 0 Å². The molecule has 1 aromatic rings. The fourth-order valence-electron chi connectivity index (χ4n) is 2.07. The molecule has 21 heavy (non-hydrogen) atoms. The number of rotatable bonds is 5. The molecule has 1 aliphatic rings. The van der Waals surface area contributed by atoms with Gasteiger partial charge in [-0.2, -0.15) is 4.31 Å². The molecule has 0 saturated carbocycles. The summed E-state index contributed by atoms with van der Waals surface area (Å²) >= 11 is 3.21. The lowest BCUT2D eigenvalue weighted by Crippen LogP contribution is -2.33. The highest BCUT2D eigenvalue weighted by atomic mass is 79.9. The van der Waals surface area contributed by atoms with Crippen LogP contribution in [0.5, 0.6) is 0 Å². The van der Waals surface area contributed by atoms with E-state index in [4.69, 9.17) is 9.15 Å². The molecule has 0 amide bonds. The van der Waals surface area contributed by atoms with Crippen molar-refractivity contribution in [1.29, 1.82) is 0 Å². The summed E-state index contributed by atoms with van der Waals surface area (Å²) in [5, 5.41) is 3.20. The van der Waals surface area contributed by atoms with Crippen molar-refractivity contribution >= 4 is 26.0 Å². The lowest BCUT2D eigenvalue weighted by Gasteiger charge is -2.18. The van der Waals surface area contributed by atoms with E-state index in [9.17, 15) is 8.42 Å². The van der Waals surface area contributed by atoms with E-state index in [-0.39, 0.29) is 9.56 Å². The summed E-state index contributed by atoms with van der Waals surface area (Å²) in [6, 6.07) is 1.89. The van der Waals surface area contributed by atoms with Gasteiger partial charge < -0.3 is 14.5 Å². The SMILES string of the molecule is CC(C)NCc1cc(S(=O)(=O)N2CCCOCC2)c(Br)o1. The Kier molecular flexibility index (Phi) is 5.84. The van der Waals surface area contributed by atoms with Gasteiger partial charge in [0.25, 0.3) is 0 Å². The lowest BCUT2D eigenvalue weighted by molar-refractivity contribution is 0.148. The number of ether oxygens (including phenoxy) is 1. The third kappa shape index (κ3) is 4.29. The molecule has 1 aromatic heterocycles. The van der Waals surface area contributed by atoms with Crippen molar-refractivity contribution in [2.75, 3.05) is 26.3 Å². The molecule has 0 unspecified atom stereocenters. The van der Waals surface area contributed by atoms with Crippen molar-refractivity contribution in [2.24, 2.45) is 0 Å². The zero-order valence-electron chi connectivity index (χ0n) is 12.3. The van der Waals surface area contributed by atoms with Gasteiger partial charge in [-0.25, -0.2) is 8.42 Å². The maximum Gasteiger partial charge on any atom is 0.247 e. The average molecular weight is 381 g/mol. The van der Waals surface area contributed by atoms with Crippen LogP contribution >= 0.6 is 15.9 Å². The number of halogens is 1. The zero-order chi connectivity index (χ0) is 15.5. The van der Waals surface area contributed by atoms with Crippen molar-refractivity contribution in [3.8, 4) is 0 Å². The van der Waals surface area contributed by atoms with E-state index in [1.807, 2.05) is 13.8 Å². The molecule has 0 aromatic carbocycles. The highest BCUT2D eigenvalue weighted by Gasteiger charge is 2.30. The van der Waals surface area contributed by atoms with Gasteiger partial charge in [0.2, 0.25) is 10.0 Å². The fraction of sp³-hybridized carbons (Fsp3) is 0.692. The van der Waals surface area contributed by atoms with Crippen LogP contribution in [0.1, 0.15) is 26.0 Å². The van der Waals surface area contributed by atoms with Gasteiger partial charge in [0, 0.05) is 31.8 Å². The van der Waals surface area contributed by atoms with Gasteiger partial charge >= 0.3 is 0 Å². The molecule has 1 aliphatic heterocycles. The van der Waals surface area contributed by atoms with E-state index in [2.05, 4.69) is 21.2 Å². The molecule has 2 rings (SSSR count). The Morgan fingerprint density at radius 1 is 1.38 bits per heavy atom. The third-order valence-corrected chi connectivity index (χ3v) is 5.95. The molecule has 0 aliphatic carbocycles. The number of nitrogens with one attached hydrogen (secondary N) is 1.